The maximum Gasteiger partial charge on any atom is 0.128 e. The van der Waals surface area contributed by atoms with Crippen molar-refractivity contribution < 1.29 is 0 Å². The van der Waals surface area contributed by atoms with Gasteiger partial charge in [0, 0.05) is 25.7 Å². The van der Waals surface area contributed by atoms with Crippen molar-refractivity contribution in [2.45, 2.75) is 33.2 Å². The van der Waals surface area contributed by atoms with Crippen molar-refractivity contribution in [1.82, 2.24) is 9.88 Å². The molecule has 1 rings (SSSR count). The largest absolute Gasteiger partial charge is 0.370 e. The second-order valence-corrected chi connectivity index (χ2v) is 4.60. The summed E-state index contributed by atoms with van der Waals surface area (Å²) >= 11 is 0. The van der Waals surface area contributed by atoms with Crippen molar-refractivity contribution in [3.63, 3.8) is 0 Å². The number of pyridine rings is 1. The first-order chi connectivity index (χ1) is 8.67. The average Bonchev–Trinajstić information content (AvgIpc) is 2.38. The fraction of sp³-hybridized carbons (Fsp3) is 0.643. The molecule has 18 heavy (non-hydrogen) atoms. The monoisotopic (exact) mass is 250 g/mol. The zero-order chi connectivity index (χ0) is 13.4. The minimum atomic E-state index is 0.632. The molecule has 0 aromatic carbocycles. The predicted octanol–water partition coefficient (Wildman–Crippen LogP) is 2.66. The number of hydrogen-bond donors (Lipinski definition) is 2. The van der Waals surface area contributed by atoms with Gasteiger partial charge in [0.05, 0.1) is 0 Å². The van der Waals surface area contributed by atoms with Crippen molar-refractivity contribution in [2.75, 3.05) is 37.3 Å². The molecule has 4 heteroatoms. The highest BCUT2D eigenvalue weighted by atomic mass is 15.1. The van der Waals surface area contributed by atoms with Crippen LogP contribution in [0.4, 0.5) is 11.6 Å². The van der Waals surface area contributed by atoms with E-state index < -0.39 is 0 Å². The minimum Gasteiger partial charge on any atom is -0.370 e. The average molecular weight is 250 g/mol. The number of aromatic nitrogens is 1. The molecule has 0 bridgehead atoms. The molecule has 0 saturated heterocycles. The van der Waals surface area contributed by atoms with E-state index in [2.05, 4.69) is 48.3 Å². The first-order valence-electron chi connectivity index (χ1n) is 6.82. The molecule has 0 spiro atoms. The van der Waals surface area contributed by atoms with Crippen LogP contribution in [0.2, 0.25) is 0 Å². The van der Waals surface area contributed by atoms with Gasteiger partial charge in [-0.05, 0) is 39.4 Å². The van der Waals surface area contributed by atoms with Gasteiger partial charge in [-0.2, -0.15) is 0 Å². The van der Waals surface area contributed by atoms with E-state index in [4.69, 9.17) is 0 Å². The van der Waals surface area contributed by atoms with Crippen LogP contribution >= 0.6 is 0 Å². The van der Waals surface area contributed by atoms with Crippen LogP contribution in [-0.2, 0) is 0 Å². The lowest BCUT2D eigenvalue weighted by atomic mass is 10.2. The third-order valence-corrected chi connectivity index (χ3v) is 3.22. The third kappa shape index (κ3) is 4.92. The van der Waals surface area contributed by atoms with Gasteiger partial charge in [0.25, 0.3) is 0 Å². The number of nitrogens with one attached hydrogen (secondary N) is 2. The van der Waals surface area contributed by atoms with Crippen LogP contribution in [-0.4, -0.2) is 42.6 Å². The summed E-state index contributed by atoms with van der Waals surface area (Å²) in [4.78, 5) is 6.85. The molecule has 0 aliphatic rings. The van der Waals surface area contributed by atoms with Crippen LogP contribution < -0.4 is 10.6 Å². The highest BCUT2D eigenvalue weighted by Gasteiger charge is 2.05. The topological polar surface area (TPSA) is 40.2 Å². The summed E-state index contributed by atoms with van der Waals surface area (Å²) in [7, 11) is 2.17. The summed E-state index contributed by atoms with van der Waals surface area (Å²) in [6, 6.07) is 6.64. The molecule has 2 N–H and O–H groups in total. The fourth-order valence-electron chi connectivity index (χ4n) is 1.71. The number of rotatable bonds is 8. The van der Waals surface area contributed by atoms with Gasteiger partial charge in [-0.25, -0.2) is 4.98 Å². The Bertz CT molecular complexity index is 340. The van der Waals surface area contributed by atoms with E-state index in [1.165, 1.54) is 6.42 Å². The molecule has 1 unspecified atom stereocenters. The van der Waals surface area contributed by atoms with Gasteiger partial charge in [-0.1, -0.05) is 13.0 Å². The third-order valence-electron chi connectivity index (χ3n) is 3.22. The highest BCUT2D eigenvalue weighted by Crippen LogP contribution is 2.08. The van der Waals surface area contributed by atoms with Gasteiger partial charge in [0.2, 0.25) is 0 Å². The molecule has 0 amide bonds. The van der Waals surface area contributed by atoms with Crippen LogP contribution in [0, 0.1) is 0 Å². The second kappa shape index (κ2) is 7.93. The molecule has 0 saturated carbocycles. The Morgan fingerprint density at radius 1 is 1.22 bits per heavy atom. The molecule has 1 heterocycles. The van der Waals surface area contributed by atoms with Crippen LogP contribution in [0.25, 0.3) is 0 Å². The number of nitrogens with zero attached hydrogens (tertiary/aromatic N) is 2. The molecule has 1 aromatic rings. The summed E-state index contributed by atoms with van der Waals surface area (Å²) in [6.07, 6.45) is 1.19. The maximum absolute atomic E-state index is 4.48. The maximum atomic E-state index is 4.48. The van der Waals surface area contributed by atoms with E-state index in [-0.39, 0.29) is 0 Å². The quantitative estimate of drug-likeness (QED) is 0.744. The molecular formula is C14H26N4. The lowest BCUT2D eigenvalue weighted by molar-refractivity contribution is 0.261. The zero-order valence-corrected chi connectivity index (χ0v) is 12.0. The van der Waals surface area contributed by atoms with Gasteiger partial charge >= 0.3 is 0 Å². The molecule has 1 atom stereocenters. The predicted molar refractivity (Wildman–Crippen MR) is 79.3 cm³/mol. The molecular weight excluding hydrogens is 224 g/mol. The van der Waals surface area contributed by atoms with Crippen molar-refractivity contribution in [1.29, 1.82) is 0 Å². The van der Waals surface area contributed by atoms with Gasteiger partial charge in [0.1, 0.15) is 11.6 Å². The van der Waals surface area contributed by atoms with Crippen LogP contribution in [0.3, 0.4) is 0 Å². The first kappa shape index (κ1) is 14.8. The highest BCUT2D eigenvalue weighted by molar-refractivity contribution is 5.44. The number of hydrogen-bond acceptors (Lipinski definition) is 4. The van der Waals surface area contributed by atoms with Crippen molar-refractivity contribution in [3.8, 4) is 0 Å². The SMILES string of the molecule is CCNc1cccc(NCCN(C)C(C)CC)n1. The molecule has 4 nitrogen and oxygen atoms in total. The molecule has 0 fully saturated rings. The summed E-state index contributed by atoms with van der Waals surface area (Å²) in [5.41, 5.74) is 0. The Morgan fingerprint density at radius 3 is 2.50 bits per heavy atom. The van der Waals surface area contributed by atoms with Gasteiger partial charge < -0.3 is 15.5 Å². The number of likely N-dealkylation sites (N-methyl/N-ethyl adjacent to an activating group) is 1. The Kier molecular flexibility index (Phi) is 6.50. The summed E-state index contributed by atoms with van der Waals surface area (Å²) in [6.45, 7) is 9.39. The number of anilines is 2. The summed E-state index contributed by atoms with van der Waals surface area (Å²) in [5, 5.41) is 6.57. The van der Waals surface area contributed by atoms with Gasteiger partial charge in [-0.3, -0.25) is 0 Å². The summed E-state index contributed by atoms with van der Waals surface area (Å²) in [5.74, 6) is 1.86. The van der Waals surface area contributed by atoms with Crippen LogP contribution in [0.1, 0.15) is 27.2 Å². The molecule has 0 aliphatic heterocycles. The lowest BCUT2D eigenvalue weighted by Crippen LogP contribution is -2.32. The molecule has 0 aliphatic carbocycles. The zero-order valence-electron chi connectivity index (χ0n) is 12.0. The van der Waals surface area contributed by atoms with E-state index in [0.29, 0.717) is 6.04 Å². The smallest absolute Gasteiger partial charge is 0.128 e. The standard InChI is InChI=1S/C14H26N4/c1-5-12(3)18(4)11-10-16-14-9-7-8-13(17-14)15-6-2/h7-9,12H,5-6,10-11H2,1-4H3,(H2,15,16,17). The van der Waals surface area contributed by atoms with E-state index in [1.54, 1.807) is 0 Å². The van der Waals surface area contributed by atoms with Gasteiger partial charge in [0.15, 0.2) is 0 Å². The van der Waals surface area contributed by atoms with Crippen molar-refractivity contribution >= 4 is 11.6 Å². The van der Waals surface area contributed by atoms with E-state index in [9.17, 15) is 0 Å². The fourth-order valence-corrected chi connectivity index (χ4v) is 1.71. The van der Waals surface area contributed by atoms with Crippen LogP contribution in [0.5, 0.6) is 0 Å². The molecule has 0 radical (unpaired) electrons. The Hall–Kier alpha value is -1.29. The van der Waals surface area contributed by atoms with E-state index >= 15 is 0 Å². The molecule has 102 valence electrons. The minimum absolute atomic E-state index is 0.632. The Morgan fingerprint density at radius 2 is 1.89 bits per heavy atom. The van der Waals surface area contributed by atoms with Crippen LogP contribution in [0.15, 0.2) is 18.2 Å². The van der Waals surface area contributed by atoms with Crippen molar-refractivity contribution in [3.05, 3.63) is 18.2 Å². The van der Waals surface area contributed by atoms with E-state index in [1.807, 2.05) is 18.2 Å². The van der Waals surface area contributed by atoms with Gasteiger partial charge in [-0.15, -0.1) is 0 Å². The second-order valence-electron chi connectivity index (χ2n) is 4.60. The molecule has 1 aromatic heterocycles. The van der Waals surface area contributed by atoms with E-state index in [0.717, 1.165) is 31.3 Å². The van der Waals surface area contributed by atoms with Crippen molar-refractivity contribution in [2.24, 2.45) is 0 Å². The Labute approximate surface area is 111 Å². The lowest BCUT2D eigenvalue weighted by Gasteiger charge is -2.23. The first-order valence-corrected chi connectivity index (χ1v) is 6.82. The normalized spacial score (nSPS) is 12.5. The Balaban J connectivity index is 2.37. The summed E-state index contributed by atoms with van der Waals surface area (Å²) < 4.78 is 0.